The van der Waals surface area contributed by atoms with Crippen LogP contribution in [-0.2, 0) is 114 Å². The molecule has 844 valence electrons. The van der Waals surface area contributed by atoms with Crippen molar-refractivity contribution >= 4 is 71.6 Å². The summed E-state index contributed by atoms with van der Waals surface area (Å²) in [6.45, 7) is 54.6. The summed E-state index contributed by atoms with van der Waals surface area (Å²) in [4.78, 5) is 145. The predicted molar refractivity (Wildman–Crippen MR) is 561 cm³/mol. The summed E-state index contributed by atoms with van der Waals surface area (Å²) in [5.74, 6) is 1.18. The molecular formula is C121H194N2O26. The van der Waals surface area contributed by atoms with Crippen molar-refractivity contribution in [3.8, 4) is 12.1 Å². The molecule has 17 aliphatic carbocycles. The lowest BCUT2D eigenvalue weighted by atomic mass is 9.49. The number of hydrogen-bond donors (Lipinski definition) is 2. The monoisotopic (exact) mass is 2090 g/mol. The number of carbonyl (C=O) groups is 12. The average Bonchev–Trinajstić information content (AvgIpc) is 1.58. The van der Waals surface area contributed by atoms with Gasteiger partial charge < -0.3 is 67.1 Å². The highest BCUT2D eigenvalue weighted by molar-refractivity contribution is 6.03. The van der Waals surface area contributed by atoms with Gasteiger partial charge >= 0.3 is 71.6 Å². The van der Waals surface area contributed by atoms with Crippen molar-refractivity contribution in [3.63, 3.8) is 0 Å². The lowest BCUT2D eigenvalue weighted by Gasteiger charge is -2.62. The summed E-state index contributed by atoms with van der Waals surface area (Å²) < 4.78 is 66.5. The van der Waals surface area contributed by atoms with Crippen LogP contribution >= 0.6 is 0 Å². The molecule has 19 aliphatic rings. The molecule has 16 unspecified atom stereocenters. The van der Waals surface area contributed by atoms with Crippen molar-refractivity contribution in [3.05, 3.63) is 0 Å². The van der Waals surface area contributed by atoms with Gasteiger partial charge in [0.1, 0.15) is 59.0 Å². The lowest BCUT2D eigenvalue weighted by Crippen LogP contribution is -2.67. The minimum atomic E-state index is -1.26. The van der Waals surface area contributed by atoms with Crippen LogP contribution in [0.1, 0.15) is 464 Å². The number of methoxy groups -OCH3 is 1. The van der Waals surface area contributed by atoms with Crippen LogP contribution in [0.3, 0.4) is 0 Å². The summed E-state index contributed by atoms with van der Waals surface area (Å²) in [7, 11) is 1.24. The molecular weight excluding hydrogens is 1900 g/mol. The number of nitriles is 2. The van der Waals surface area contributed by atoms with Gasteiger partial charge in [0.25, 0.3) is 0 Å². The highest BCUT2D eigenvalue weighted by Crippen LogP contribution is 2.67. The van der Waals surface area contributed by atoms with E-state index in [1.54, 1.807) is 13.8 Å². The number of nitrogens with zero attached hydrogens (tertiary/aromatic N) is 2. The second-order valence-corrected chi connectivity index (χ2v) is 54.3. The normalized spacial score (nSPS) is 33.7. The van der Waals surface area contributed by atoms with E-state index in [0.717, 1.165) is 134 Å². The minimum Gasteiger partial charge on any atom is -0.468 e. The van der Waals surface area contributed by atoms with Crippen LogP contribution in [0.25, 0.3) is 0 Å². The largest absolute Gasteiger partial charge is 0.468 e. The Labute approximate surface area is 892 Å². The van der Waals surface area contributed by atoms with Gasteiger partial charge in [-0.1, -0.05) is 94.9 Å². The van der Waals surface area contributed by atoms with E-state index in [4.69, 9.17) is 62.1 Å². The highest BCUT2D eigenvalue weighted by atomic mass is 16.6. The second kappa shape index (κ2) is 48.1. The number of ether oxygens (including phenoxy) is 12. The third kappa shape index (κ3) is 27.3. The van der Waals surface area contributed by atoms with Crippen molar-refractivity contribution in [1.29, 1.82) is 10.5 Å². The first-order valence-corrected chi connectivity index (χ1v) is 58.0. The maximum absolute atomic E-state index is 12.6. The molecule has 0 aromatic rings. The van der Waals surface area contributed by atoms with Gasteiger partial charge in [0.05, 0.1) is 73.8 Å². The third-order valence-electron chi connectivity index (χ3n) is 40.3. The second-order valence-electron chi connectivity index (χ2n) is 54.3. The first kappa shape index (κ1) is 123. The van der Waals surface area contributed by atoms with Gasteiger partial charge in [-0.3, -0.25) is 52.7 Å². The molecule has 17 saturated carbocycles. The predicted octanol–water partition coefficient (Wildman–Crippen LogP) is 23.8. The van der Waals surface area contributed by atoms with Crippen LogP contribution in [0.4, 0.5) is 0 Å². The first-order valence-electron chi connectivity index (χ1n) is 58.0. The minimum absolute atomic E-state index is 0.0197. The van der Waals surface area contributed by atoms with E-state index >= 15 is 0 Å². The first-order chi connectivity index (χ1) is 69.3. The van der Waals surface area contributed by atoms with Crippen molar-refractivity contribution < 1.29 is 125 Å². The Bertz CT molecular complexity index is 4720. The van der Waals surface area contributed by atoms with Crippen LogP contribution in [0.15, 0.2) is 0 Å². The fourth-order valence-electron chi connectivity index (χ4n) is 27.1. The zero-order chi connectivity index (χ0) is 111. The molecule has 2 heterocycles. The molecule has 16 atom stereocenters. The quantitative estimate of drug-likeness (QED) is 0.0383. The van der Waals surface area contributed by atoms with Crippen molar-refractivity contribution in [2.24, 2.45) is 131 Å². The van der Waals surface area contributed by atoms with Crippen LogP contribution < -0.4 is 0 Å². The summed E-state index contributed by atoms with van der Waals surface area (Å²) in [6.07, 6.45) is 38.3. The number of hydrogen-bond acceptors (Lipinski definition) is 28. The molecule has 0 radical (unpaired) electrons. The molecule has 28 heteroatoms. The van der Waals surface area contributed by atoms with Gasteiger partial charge in [0.15, 0.2) is 17.4 Å². The Morgan fingerprint density at radius 2 is 0.839 bits per heavy atom. The van der Waals surface area contributed by atoms with Crippen LogP contribution in [0.2, 0.25) is 0 Å². The topological polar surface area (TPSA) is 404 Å². The zero-order valence-electron chi connectivity index (χ0n) is 97.0. The molecule has 0 aromatic heterocycles. The molecule has 0 aromatic carbocycles. The maximum atomic E-state index is 12.6. The molecule has 2 N–H and O–H groups in total. The Morgan fingerprint density at radius 1 is 0.403 bits per heavy atom. The van der Waals surface area contributed by atoms with E-state index in [0.29, 0.717) is 74.5 Å². The molecule has 0 spiro atoms. The molecule has 2 aliphatic heterocycles. The third-order valence-corrected chi connectivity index (χ3v) is 40.3. The molecule has 19 fully saturated rings. The van der Waals surface area contributed by atoms with Crippen LogP contribution in [0, 0.1) is 154 Å². The van der Waals surface area contributed by atoms with Gasteiger partial charge in [0, 0.05) is 48.9 Å². The number of carbonyl (C=O) groups excluding carboxylic acids is 12. The zero-order valence-corrected chi connectivity index (χ0v) is 97.0. The Morgan fingerprint density at radius 3 is 1.30 bits per heavy atom. The maximum Gasteiger partial charge on any atom is 0.344 e. The van der Waals surface area contributed by atoms with Crippen LogP contribution in [-0.4, -0.2) is 166 Å². The summed E-state index contributed by atoms with van der Waals surface area (Å²) in [5.41, 5.74) is -8.55. The van der Waals surface area contributed by atoms with Crippen molar-refractivity contribution in [2.45, 2.75) is 534 Å². The van der Waals surface area contributed by atoms with Gasteiger partial charge in [-0.25, -0.2) is 4.79 Å². The SMILES string of the molecule is CCC(C)(C)C(=O)OC(C)(C)C1CCCCC1.CCC(C)(C)C(=O)OC1(CC)C2CC3CC(C2)CC1C3.CCC(C)(C)C(=O)OC12CC3CC(O)(CC(O)(C3)C1)C2.CCC(C)(C)C(=O)OC1C2CC3C1OC(=O)C3(C#N)C2.CCC(C)(C)C(=O)OC1CC2CC1CC2C#N.CCC(C)(C)C(=O)OC1CCCCC1.CCC(C)(C)C(=O)OCC(=O)OC1C2CC3C1OC(=O)C3(C(=O)OC)C2.CCC1(OC(=O)C(C)(C)CC)CCCC1. The van der Waals surface area contributed by atoms with Crippen molar-refractivity contribution in [1.82, 2.24) is 0 Å². The number of esters is 12. The fourth-order valence-corrected chi connectivity index (χ4v) is 27.1. The van der Waals surface area contributed by atoms with E-state index in [2.05, 4.69) is 46.8 Å². The summed E-state index contributed by atoms with van der Waals surface area (Å²) in [6, 6.07) is 4.52. The number of fused-ring (bicyclic) bond motifs is 4. The molecule has 28 nitrogen and oxygen atoms in total. The molecule has 2 saturated heterocycles. The smallest absolute Gasteiger partial charge is 0.344 e. The Balaban J connectivity index is 0.000000175. The Kier molecular flexibility index (Phi) is 39.8. The fraction of sp³-hybridized carbons (Fsp3) is 0.884. The molecule has 19 rings (SSSR count). The van der Waals surface area contributed by atoms with E-state index in [1.807, 2.05) is 145 Å². The van der Waals surface area contributed by atoms with Crippen molar-refractivity contribution in [2.75, 3.05) is 13.7 Å². The van der Waals surface area contributed by atoms with Gasteiger partial charge in [-0.2, -0.15) is 10.5 Å². The van der Waals surface area contributed by atoms with E-state index in [9.17, 15) is 73.0 Å². The van der Waals surface area contributed by atoms with Gasteiger partial charge in [-0.15, -0.1) is 0 Å². The van der Waals surface area contributed by atoms with Crippen LogP contribution in [0.5, 0.6) is 0 Å². The lowest BCUT2D eigenvalue weighted by molar-refractivity contribution is -0.264. The molecule has 14 bridgehead atoms. The van der Waals surface area contributed by atoms with Gasteiger partial charge in [0.2, 0.25) is 0 Å². The average molecular weight is 2090 g/mol. The van der Waals surface area contributed by atoms with E-state index in [1.165, 1.54) is 103 Å². The number of rotatable bonds is 30. The number of aliphatic hydroxyl groups is 2. The van der Waals surface area contributed by atoms with Gasteiger partial charge in [-0.05, 0) is 397 Å². The molecule has 149 heavy (non-hydrogen) atoms. The Hall–Kier alpha value is -7.46. The standard InChI is InChI=1S/C18H24O8.C18H30O2.C16H26O4.C15H19NO4.C15H28O2.C14H21NO2.C13H24O2.C12H22O2/c1-5-17(2,3)14(20)24-8-11(19)25-12-9-6-10-13(12)26-16(22)18(10,7-9)15(21)23-4;1-5-17(3,4)16(19)20-18(6-2)14-8-12-7-13(10-14)11-15(18)9-12;1-4-13(2,3)12(17)20-16-7-11-5-14(18,9-16)8-15(19,6-11)10-16;1-4-14(2,3)12(17)19-10-8-5-9-11(10)20-13(18)15(9,6-8)7-16;1-6-14(2,3)13(16)17-15(4,5)12-10-8-7-9-11-12;1-4-14(2,3)13(16)17-12-7-9-5-10(12)6-11(9)8-15;1-5-12(3,4)11(14)15-13(6-2)9-7-8-10-13;1-4-12(2,3)11(13)14-10-8-6-5-7-9-10/h9-10,12-13H,5-8H2,1-4H3;12-15H,5-11H2,1-4H3;11,18-19H,4-10H2,1-3H3;8-11H,4-6H2,1-3H3;12H,6-11H2,1-5H3;9-12H,4-7H2,1-3H3;5-10H2,1-4H3;10H,4-9H2,1-3H3. The molecule has 0 amide bonds. The van der Waals surface area contributed by atoms with E-state index < -0.39 is 98.6 Å². The highest BCUT2D eigenvalue weighted by Gasteiger charge is 2.76. The summed E-state index contributed by atoms with van der Waals surface area (Å²) in [5, 5.41) is 39.6. The summed E-state index contributed by atoms with van der Waals surface area (Å²) >= 11 is 0. The van der Waals surface area contributed by atoms with E-state index in [-0.39, 0.29) is 146 Å².